The Balaban J connectivity index is 0.00000103. The minimum atomic E-state index is -2.90. The number of benzene rings is 3. The van der Waals surface area contributed by atoms with Crippen LogP contribution in [0.4, 0.5) is 8.78 Å². The predicted molar refractivity (Wildman–Crippen MR) is 151 cm³/mol. The Morgan fingerprint density at radius 3 is 2.38 bits per heavy atom. The molecule has 4 aromatic rings. The van der Waals surface area contributed by atoms with Crippen LogP contribution < -0.4 is 4.74 Å². The number of alkyl halides is 2. The molecule has 2 aliphatic rings. The van der Waals surface area contributed by atoms with Crippen LogP contribution in [0.15, 0.2) is 85.1 Å². The Hall–Kier alpha value is -4.06. The molecule has 4 nitrogen and oxygen atoms in total. The number of ether oxygens (including phenoxy) is 1. The first-order chi connectivity index (χ1) is 19.3. The number of aromatic nitrogens is 1. The number of carbonyl (C=O) groups is 1. The van der Waals surface area contributed by atoms with Gasteiger partial charge in [-0.05, 0) is 64.1 Å². The second-order valence-corrected chi connectivity index (χ2v) is 10.9. The molecule has 1 N–H and O–H groups in total. The lowest BCUT2D eigenvalue weighted by Gasteiger charge is -2.21. The van der Waals surface area contributed by atoms with E-state index < -0.39 is 5.92 Å². The molecule has 0 radical (unpaired) electrons. The molecule has 6 heteroatoms. The Bertz CT molecular complexity index is 1480. The second kappa shape index (κ2) is 11.6. The first-order valence-corrected chi connectivity index (χ1v) is 13.6. The summed E-state index contributed by atoms with van der Waals surface area (Å²) < 4.78 is 35.4. The fourth-order valence-electron chi connectivity index (χ4n) is 6.26. The topological polar surface area (TPSA) is 59.4 Å². The largest absolute Gasteiger partial charge is 0.483 e. The third-order valence-corrected chi connectivity index (χ3v) is 7.97. The highest BCUT2D eigenvalue weighted by Crippen LogP contribution is 2.50. The monoisotopic (exact) mass is 541 g/mol. The summed E-state index contributed by atoms with van der Waals surface area (Å²) in [5.74, 6) is -1.56. The molecule has 40 heavy (non-hydrogen) atoms. The highest BCUT2D eigenvalue weighted by Gasteiger charge is 2.37. The number of fused-ring (bicyclic) bond motifs is 2. The lowest BCUT2D eigenvalue weighted by Crippen LogP contribution is -2.13. The molecular formula is C34H33F2NO3. The molecule has 0 saturated carbocycles. The van der Waals surface area contributed by atoms with Crippen molar-refractivity contribution in [3.8, 4) is 5.88 Å². The van der Waals surface area contributed by atoms with E-state index >= 15 is 0 Å². The van der Waals surface area contributed by atoms with Gasteiger partial charge in [-0.1, -0.05) is 79.7 Å². The SMILES string of the molecule is CC1Cc2cnc(OCc3ccc4c(c3)C(c3ccccc3C(C)(F)F)CC4c3ccccc3)cc2C1.O=CO. The van der Waals surface area contributed by atoms with Crippen molar-refractivity contribution < 1.29 is 23.4 Å². The summed E-state index contributed by atoms with van der Waals surface area (Å²) in [7, 11) is 0. The van der Waals surface area contributed by atoms with Crippen LogP contribution in [-0.2, 0) is 30.2 Å². The maximum atomic E-state index is 14.6. The lowest BCUT2D eigenvalue weighted by atomic mass is 9.86. The van der Waals surface area contributed by atoms with Crippen LogP contribution in [-0.4, -0.2) is 16.6 Å². The van der Waals surface area contributed by atoms with E-state index in [0.29, 0.717) is 24.0 Å². The Morgan fingerprint density at radius 2 is 1.62 bits per heavy atom. The van der Waals surface area contributed by atoms with Crippen molar-refractivity contribution in [2.45, 2.75) is 57.5 Å². The van der Waals surface area contributed by atoms with Crippen LogP contribution in [0.25, 0.3) is 0 Å². The van der Waals surface area contributed by atoms with E-state index in [1.54, 1.807) is 12.1 Å². The summed E-state index contributed by atoms with van der Waals surface area (Å²) in [5, 5.41) is 6.89. The molecule has 0 aliphatic heterocycles. The van der Waals surface area contributed by atoms with Crippen LogP contribution in [0, 0.1) is 5.92 Å². The molecule has 0 spiro atoms. The van der Waals surface area contributed by atoms with Crippen LogP contribution in [0.5, 0.6) is 5.88 Å². The first-order valence-electron chi connectivity index (χ1n) is 13.6. The van der Waals surface area contributed by atoms with Gasteiger partial charge in [0.2, 0.25) is 5.88 Å². The highest BCUT2D eigenvalue weighted by molar-refractivity contribution is 5.52. The summed E-state index contributed by atoms with van der Waals surface area (Å²) >= 11 is 0. The standard InChI is InChI=1S/C33H31F2NO.CH2O2/c1-21-14-24-17-32(36-19-25(24)15-21)37-20-22-12-13-26-28(23-8-4-3-5-9-23)18-30(29(26)16-22)27-10-6-7-11-31(27)33(2,34)35;2-1-3/h3-13,16-17,19,21,28,30H,14-15,18,20H2,1-2H3;1H,(H,2,3). The molecule has 0 amide bonds. The molecule has 1 heterocycles. The number of hydrogen-bond acceptors (Lipinski definition) is 3. The van der Waals surface area contributed by atoms with Gasteiger partial charge in [-0.3, -0.25) is 4.79 Å². The Labute approximate surface area is 233 Å². The van der Waals surface area contributed by atoms with E-state index in [1.807, 2.05) is 36.5 Å². The molecule has 0 saturated heterocycles. The van der Waals surface area contributed by atoms with Crippen molar-refractivity contribution in [1.29, 1.82) is 0 Å². The summed E-state index contributed by atoms with van der Waals surface area (Å²) in [6, 6.07) is 25.9. The molecule has 206 valence electrons. The van der Waals surface area contributed by atoms with Gasteiger partial charge in [-0.25, -0.2) is 13.8 Å². The normalized spacial score (nSPS) is 19.2. The molecule has 6 rings (SSSR count). The van der Waals surface area contributed by atoms with Crippen molar-refractivity contribution in [3.63, 3.8) is 0 Å². The third kappa shape index (κ3) is 5.76. The molecule has 0 fully saturated rings. The summed E-state index contributed by atoms with van der Waals surface area (Å²) in [6.07, 6.45) is 4.85. The molecule has 3 unspecified atom stereocenters. The maximum Gasteiger partial charge on any atom is 0.290 e. The van der Waals surface area contributed by atoms with Crippen molar-refractivity contribution in [1.82, 2.24) is 4.98 Å². The summed E-state index contributed by atoms with van der Waals surface area (Å²) in [6.45, 7) is 3.39. The van der Waals surface area contributed by atoms with Crippen LogP contribution >= 0.6 is 0 Å². The number of pyridine rings is 1. The fraction of sp³-hybridized carbons (Fsp3) is 0.294. The van der Waals surface area contributed by atoms with Crippen LogP contribution in [0.2, 0.25) is 0 Å². The minimum absolute atomic E-state index is 0.109. The quantitative estimate of drug-likeness (QED) is 0.252. The highest BCUT2D eigenvalue weighted by atomic mass is 19.3. The lowest BCUT2D eigenvalue weighted by molar-refractivity contribution is -0.122. The van der Waals surface area contributed by atoms with E-state index in [1.165, 1.54) is 22.3 Å². The van der Waals surface area contributed by atoms with Crippen molar-refractivity contribution in [3.05, 3.63) is 130 Å². The zero-order valence-corrected chi connectivity index (χ0v) is 22.7. The van der Waals surface area contributed by atoms with E-state index in [0.717, 1.165) is 37.3 Å². The van der Waals surface area contributed by atoms with Gasteiger partial charge in [-0.2, -0.15) is 0 Å². The summed E-state index contributed by atoms with van der Waals surface area (Å²) in [5.41, 5.74) is 8.02. The molecule has 3 aromatic carbocycles. The number of halogens is 2. The maximum absolute atomic E-state index is 14.6. The first kappa shape index (κ1) is 27.5. The van der Waals surface area contributed by atoms with E-state index in [4.69, 9.17) is 14.6 Å². The van der Waals surface area contributed by atoms with Gasteiger partial charge in [0.1, 0.15) is 6.61 Å². The van der Waals surface area contributed by atoms with Gasteiger partial charge in [-0.15, -0.1) is 0 Å². The molecule has 0 bridgehead atoms. The number of nitrogens with zero attached hydrogens (tertiary/aromatic N) is 1. The van der Waals surface area contributed by atoms with Crippen LogP contribution in [0.1, 0.15) is 76.6 Å². The second-order valence-electron chi connectivity index (χ2n) is 10.9. The molecule has 2 aliphatic carbocycles. The summed E-state index contributed by atoms with van der Waals surface area (Å²) in [4.78, 5) is 12.9. The predicted octanol–water partition coefficient (Wildman–Crippen LogP) is 7.88. The van der Waals surface area contributed by atoms with Gasteiger partial charge in [0.25, 0.3) is 12.4 Å². The van der Waals surface area contributed by atoms with Gasteiger partial charge in [0.15, 0.2) is 0 Å². The van der Waals surface area contributed by atoms with E-state index in [9.17, 15) is 8.78 Å². The van der Waals surface area contributed by atoms with Crippen molar-refractivity contribution in [2.24, 2.45) is 5.92 Å². The Morgan fingerprint density at radius 1 is 0.925 bits per heavy atom. The smallest absolute Gasteiger partial charge is 0.290 e. The molecular weight excluding hydrogens is 508 g/mol. The molecule has 3 atom stereocenters. The van der Waals surface area contributed by atoms with Gasteiger partial charge >= 0.3 is 0 Å². The van der Waals surface area contributed by atoms with Gasteiger partial charge < -0.3 is 9.84 Å². The van der Waals surface area contributed by atoms with Crippen LogP contribution in [0.3, 0.4) is 0 Å². The van der Waals surface area contributed by atoms with Crippen molar-refractivity contribution in [2.75, 3.05) is 0 Å². The van der Waals surface area contributed by atoms with Crippen molar-refractivity contribution >= 4 is 6.47 Å². The molecule has 1 aromatic heterocycles. The number of rotatable bonds is 6. The van der Waals surface area contributed by atoms with Gasteiger partial charge in [0, 0.05) is 36.6 Å². The number of hydrogen-bond donors (Lipinski definition) is 1. The minimum Gasteiger partial charge on any atom is -0.483 e. The Kier molecular flexibility index (Phi) is 7.97. The zero-order chi connectivity index (χ0) is 28.3. The van der Waals surface area contributed by atoms with Gasteiger partial charge in [0.05, 0.1) is 0 Å². The number of carboxylic acid groups (broad SMARTS) is 1. The van der Waals surface area contributed by atoms with E-state index in [-0.39, 0.29) is 23.9 Å². The average molecular weight is 542 g/mol. The fourth-order valence-corrected chi connectivity index (χ4v) is 6.26. The average Bonchev–Trinajstić information content (AvgIpc) is 3.51. The van der Waals surface area contributed by atoms with E-state index in [2.05, 4.69) is 48.3 Å². The zero-order valence-electron chi connectivity index (χ0n) is 22.7. The third-order valence-electron chi connectivity index (χ3n) is 7.97.